The number of rotatable bonds is 3. The molecule has 94 valence electrons. The quantitative estimate of drug-likeness (QED) is 0.945. The standard InChI is InChI=1S/C11H9ClN2O2S2/c12-9-6-14-7-10(18(13,15)16)11(9)17-8-4-2-1-3-5-8/h1-7H,(H2,13,15,16). The van der Waals surface area contributed by atoms with Crippen molar-refractivity contribution >= 4 is 33.4 Å². The number of nitrogens with two attached hydrogens (primary N) is 1. The molecule has 2 N–H and O–H groups in total. The maximum atomic E-state index is 11.5. The summed E-state index contributed by atoms with van der Waals surface area (Å²) in [4.78, 5) is 4.94. The predicted octanol–water partition coefficient (Wildman–Crippen LogP) is 2.53. The summed E-state index contributed by atoms with van der Waals surface area (Å²) in [6.07, 6.45) is 2.59. The average Bonchev–Trinajstić information content (AvgIpc) is 2.32. The molecule has 0 saturated carbocycles. The monoisotopic (exact) mass is 300 g/mol. The topological polar surface area (TPSA) is 73.1 Å². The second-order valence-electron chi connectivity index (χ2n) is 3.41. The van der Waals surface area contributed by atoms with Gasteiger partial charge in [0.15, 0.2) is 0 Å². The first-order valence-electron chi connectivity index (χ1n) is 4.87. The lowest BCUT2D eigenvalue weighted by molar-refractivity contribution is 0.595. The Hall–Kier alpha value is -1.08. The third-order valence-corrected chi connectivity index (χ3v) is 4.69. The molecule has 18 heavy (non-hydrogen) atoms. The molecule has 1 aromatic heterocycles. The Bertz CT molecular complexity index is 660. The average molecular weight is 301 g/mol. The Morgan fingerprint density at radius 3 is 2.44 bits per heavy atom. The highest BCUT2D eigenvalue weighted by Gasteiger charge is 2.18. The molecule has 1 aromatic carbocycles. The van der Waals surface area contributed by atoms with Gasteiger partial charge in [-0.15, -0.1) is 0 Å². The molecule has 0 spiro atoms. The van der Waals surface area contributed by atoms with Crippen LogP contribution < -0.4 is 5.14 Å². The zero-order chi connectivity index (χ0) is 13.2. The van der Waals surface area contributed by atoms with E-state index in [0.717, 1.165) is 4.90 Å². The summed E-state index contributed by atoms with van der Waals surface area (Å²) < 4.78 is 22.9. The molecule has 0 aliphatic rings. The largest absolute Gasteiger partial charge is 0.262 e. The van der Waals surface area contributed by atoms with Crippen molar-refractivity contribution in [2.75, 3.05) is 0 Å². The van der Waals surface area contributed by atoms with Gasteiger partial charge in [0.1, 0.15) is 4.90 Å². The number of hydrogen-bond donors (Lipinski definition) is 1. The molecule has 0 radical (unpaired) electrons. The Morgan fingerprint density at radius 1 is 1.17 bits per heavy atom. The van der Waals surface area contributed by atoms with Gasteiger partial charge in [0.2, 0.25) is 10.0 Å². The van der Waals surface area contributed by atoms with Crippen LogP contribution in [-0.2, 0) is 10.0 Å². The normalized spacial score (nSPS) is 11.4. The van der Waals surface area contributed by atoms with Crippen LogP contribution in [0.4, 0.5) is 0 Å². The SMILES string of the molecule is NS(=O)(=O)c1cncc(Cl)c1Sc1ccccc1. The van der Waals surface area contributed by atoms with Crippen LogP contribution in [0.5, 0.6) is 0 Å². The molecule has 1 heterocycles. The number of halogens is 1. The zero-order valence-electron chi connectivity index (χ0n) is 9.08. The highest BCUT2D eigenvalue weighted by atomic mass is 35.5. The Kier molecular flexibility index (Phi) is 3.91. The van der Waals surface area contributed by atoms with E-state index in [4.69, 9.17) is 16.7 Å². The van der Waals surface area contributed by atoms with Gasteiger partial charge in [-0.05, 0) is 12.1 Å². The van der Waals surface area contributed by atoms with E-state index in [1.807, 2.05) is 30.3 Å². The molecule has 0 fully saturated rings. The van der Waals surface area contributed by atoms with Crippen molar-refractivity contribution in [3.63, 3.8) is 0 Å². The first kappa shape index (κ1) is 13.4. The fourth-order valence-electron chi connectivity index (χ4n) is 1.31. The third-order valence-electron chi connectivity index (χ3n) is 2.09. The molecule has 7 heteroatoms. The van der Waals surface area contributed by atoms with Crippen LogP contribution in [0.3, 0.4) is 0 Å². The van der Waals surface area contributed by atoms with E-state index in [2.05, 4.69) is 4.98 Å². The minimum atomic E-state index is -3.84. The zero-order valence-corrected chi connectivity index (χ0v) is 11.5. The molecule has 0 unspecified atom stereocenters. The van der Waals surface area contributed by atoms with E-state index in [0.29, 0.717) is 4.90 Å². The lowest BCUT2D eigenvalue weighted by Gasteiger charge is -2.08. The highest BCUT2D eigenvalue weighted by molar-refractivity contribution is 8.00. The molecular weight excluding hydrogens is 292 g/mol. The molecule has 0 bridgehead atoms. The van der Waals surface area contributed by atoms with Crippen LogP contribution in [0.2, 0.25) is 5.02 Å². The molecule has 0 atom stereocenters. The van der Waals surface area contributed by atoms with Crippen molar-refractivity contribution < 1.29 is 8.42 Å². The molecule has 2 rings (SSSR count). The minimum absolute atomic E-state index is 0.0659. The first-order valence-corrected chi connectivity index (χ1v) is 7.62. The predicted molar refractivity (Wildman–Crippen MR) is 71.2 cm³/mol. The summed E-state index contributed by atoms with van der Waals surface area (Å²) in [6, 6.07) is 9.30. The van der Waals surface area contributed by atoms with Crippen LogP contribution in [-0.4, -0.2) is 13.4 Å². The van der Waals surface area contributed by atoms with Gasteiger partial charge in [-0.1, -0.05) is 41.6 Å². The van der Waals surface area contributed by atoms with Crippen LogP contribution in [0.15, 0.2) is 57.4 Å². The number of nitrogens with zero attached hydrogens (tertiary/aromatic N) is 1. The van der Waals surface area contributed by atoms with E-state index >= 15 is 0 Å². The van der Waals surface area contributed by atoms with E-state index in [9.17, 15) is 8.42 Å². The van der Waals surface area contributed by atoms with Crippen LogP contribution in [0.1, 0.15) is 0 Å². The fraction of sp³-hybridized carbons (Fsp3) is 0. The third kappa shape index (κ3) is 3.02. The van der Waals surface area contributed by atoms with Crippen molar-refractivity contribution in [1.82, 2.24) is 4.98 Å². The van der Waals surface area contributed by atoms with Gasteiger partial charge < -0.3 is 0 Å². The summed E-state index contributed by atoms with van der Waals surface area (Å²) in [7, 11) is -3.84. The summed E-state index contributed by atoms with van der Waals surface area (Å²) >= 11 is 7.22. The molecule has 0 saturated heterocycles. The summed E-state index contributed by atoms with van der Waals surface area (Å²) in [5.41, 5.74) is 0. The van der Waals surface area contributed by atoms with Gasteiger partial charge in [-0.3, -0.25) is 4.98 Å². The van der Waals surface area contributed by atoms with Gasteiger partial charge >= 0.3 is 0 Å². The van der Waals surface area contributed by atoms with Gasteiger partial charge in [0.05, 0.1) is 9.92 Å². The molecule has 0 aliphatic carbocycles. The highest BCUT2D eigenvalue weighted by Crippen LogP contribution is 2.36. The van der Waals surface area contributed by atoms with Crippen molar-refractivity contribution in [2.45, 2.75) is 14.7 Å². The molecular formula is C11H9ClN2O2S2. The lowest BCUT2D eigenvalue weighted by atomic mass is 10.4. The molecule has 0 aliphatic heterocycles. The van der Waals surface area contributed by atoms with Crippen molar-refractivity contribution in [3.05, 3.63) is 47.7 Å². The van der Waals surface area contributed by atoms with Gasteiger partial charge in [-0.2, -0.15) is 0 Å². The Balaban J connectivity index is 2.51. The van der Waals surface area contributed by atoms with Crippen molar-refractivity contribution in [1.29, 1.82) is 0 Å². The first-order chi connectivity index (χ1) is 8.48. The molecule has 4 nitrogen and oxygen atoms in total. The van der Waals surface area contributed by atoms with E-state index in [-0.39, 0.29) is 9.92 Å². The smallest absolute Gasteiger partial charge is 0.240 e. The van der Waals surface area contributed by atoms with Crippen LogP contribution in [0.25, 0.3) is 0 Å². The van der Waals surface area contributed by atoms with E-state index in [1.165, 1.54) is 24.2 Å². The summed E-state index contributed by atoms with van der Waals surface area (Å²) in [5.74, 6) is 0. The maximum Gasteiger partial charge on any atom is 0.240 e. The number of hydrogen-bond acceptors (Lipinski definition) is 4. The Morgan fingerprint density at radius 2 is 1.83 bits per heavy atom. The summed E-state index contributed by atoms with van der Waals surface area (Å²) in [5, 5.41) is 5.40. The molecule has 2 aromatic rings. The minimum Gasteiger partial charge on any atom is -0.262 e. The van der Waals surface area contributed by atoms with Crippen LogP contribution in [0, 0.1) is 0 Å². The molecule has 0 amide bonds. The second kappa shape index (κ2) is 5.27. The van der Waals surface area contributed by atoms with Gasteiger partial charge in [-0.25, -0.2) is 13.6 Å². The fourth-order valence-corrected chi connectivity index (χ4v) is 3.53. The summed E-state index contributed by atoms with van der Waals surface area (Å²) in [6.45, 7) is 0. The maximum absolute atomic E-state index is 11.5. The van der Waals surface area contributed by atoms with Crippen molar-refractivity contribution in [3.8, 4) is 0 Å². The second-order valence-corrected chi connectivity index (χ2v) is 6.43. The number of benzene rings is 1. The lowest BCUT2D eigenvalue weighted by Crippen LogP contribution is -2.13. The van der Waals surface area contributed by atoms with E-state index < -0.39 is 10.0 Å². The number of primary sulfonamides is 1. The van der Waals surface area contributed by atoms with Gasteiger partial charge in [0.25, 0.3) is 0 Å². The Labute approximate surface area is 114 Å². The van der Waals surface area contributed by atoms with Crippen LogP contribution >= 0.6 is 23.4 Å². The number of sulfonamides is 1. The van der Waals surface area contributed by atoms with Gasteiger partial charge in [0, 0.05) is 17.3 Å². The van der Waals surface area contributed by atoms with E-state index in [1.54, 1.807) is 0 Å². The van der Waals surface area contributed by atoms with Crippen molar-refractivity contribution in [2.24, 2.45) is 5.14 Å². The number of pyridine rings is 1. The number of aromatic nitrogens is 1.